The first kappa shape index (κ1) is 20.3. The second-order valence-electron chi connectivity index (χ2n) is 8.65. The minimum absolute atomic E-state index is 0.000572. The van der Waals surface area contributed by atoms with E-state index in [0.29, 0.717) is 32.2 Å². The van der Waals surface area contributed by atoms with E-state index < -0.39 is 5.54 Å². The SMILES string of the molecule is O=C(CCC1(Cc2ccc3c(c2)OCO3)CCC(=O)N1)NCc1nc2c(s1)CCCC2. The summed E-state index contributed by atoms with van der Waals surface area (Å²) in [5.41, 5.74) is 1.89. The predicted octanol–water partition coefficient (Wildman–Crippen LogP) is 3.04. The van der Waals surface area contributed by atoms with Crippen molar-refractivity contribution in [3.8, 4) is 11.5 Å². The Morgan fingerprint density at radius 1 is 1.19 bits per heavy atom. The van der Waals surface area contributed by atoms with Gasteiger partial charge in [-0.2, -0.15) is 0 Å². The molecule has 0 radical (unpaired) electrons. The zero-order valence-electron chi connectivity index (χ0n) is 17.5. The van der Waals surface area contributed by atoms with Gasteiger partial charge in [0.1, 0.15) is 5.01 Å². The van der Waals surface area contributed by atoms with Gasteiger partial charge in [0.25, 0.3) is 0 Å². The van der Waals surface area contributed by atoms with Crippen molar-refractivity contribution in [2.24, 2.45) is 0 Å². The summed E-state index contributed by atoms with van der Waals surface area (Å²) in [6.45, 7) is 0.723. The number of ether oxygens (including phenoxy) is 2. The molecule has 0 saturated carbocycles. The third kappa shape index (κ3) is 4.54. The van der Waals surface area contributed by atoms with E-state index in [0.717, 1.165) is 41.3 Å². The summed E-state index contributed by atoms with van der Waals surface area (Å²) in [4.78, 5) is 30.7. The summed E-state index contributed by atoms with van der Waals surface area (Å²) >= 11 is 1.73. The lowest BCUT2D eigenvalue weighted by Crippen LogP contribution is -2.44. The van der Waals surface area contributed by atoms with E-state index in [1.807, 2.05) is 18.2 Å². The molecule has 3 heterocycles. The molecular formula is C23H27N3O4S. The topological polar surface area (TPSA) is 89.5 Å². The van der Waals surface area contributed by atoms with Crippen molar-refractivity contribution in [1.82, 2.24) is 15.6 Å². The van der Waals surface area contributed by atoms with Gasteiger partial charge in [-0.3, -0.25) is 9.59 Å². The number of aryl methyl sites for hydroxylation is 2. The van der Waals surface area contributed by atoms with Gasteiger partial charge in [-0.05, 0) is 62.6 Å². The molecule has 1 fully saturated rings. The molecule has 0 spiro atoms. The van der Waals surface area contributed by atoms with Crippen LogP contribution in [0.15, 0.2) is 18.2 Å². The van der Waals surface area contributed by atoms with Crippen molar-refractivity contribution in [2.45, 2.75) is 69.9 Å². The van der Waals surface area contributed by atoms with Crippen LogP contribution in [0, 0.1) is 0 Å². The number of carbonyl (C=O) groups is 2. The highest BCUT2D eigenvalue weighted by Crippen LogP contribution is 2.36. The molecule has 2 aliphatic heterocycles. The monoisotopic (exact) mass is 441 g/mol. The molecular weight excluding hydrogens is 414 g/mol. The Hall–Kier alpha value is -2.61. The van der Waals surface area contributed by atoms with Gasteiger partial charge >= 0.3 is 0 Å². The van der Waals surface area contributed by atoms with Crippen LogP contribution in [-0.2, 0) is 35.4 Å². The van der Waals surface area contributed by atoms with E-state index >= 15 is 0 Å². The second-order valence-corrected chi connectivity index (χ2v) is 9.82. The van der Waals surface area contributed by atoms with E-state index in [4.69, 9.17) is 14.5 Å². The van der Waals surface area contributed by atoms with E-state index in [1.54, 1.807) is 11.3 Å². The third-order valence-corrected chi connectivity index (χ3v) is 7.53. The number of rotatable bonds is 7. The Balaban J connectivity index is 1.18. The van der Waals surface area contributed by atoms with Crippen LogP contribution < -0.4 is 20.1 Å². The van der Waals surface area contributed by atoms with Crippen LogP contribution in [0.3, 0.4) is 0 Å². The molecule has 1 aromatic carbocycles. The van der Waals surface area contributed by atoms with Crippen LogP contribution in [-0.4, -0.2) is 29.1 Å². The van der Waals surface area contributed by atoms with Crippen molar-refractivity contribution < 1.29 is 19.1 Å². The first-order valence-corrected chi connectivity index (χ1v) is 11.8. The van der Waals surface area contributed by atoms with E-state index in [2.05, 4.69) is 10.6 Å². The van der Waals surface area contributed by atoms with E-state index in [9.17, 15) is 9.59 Å². The maximum atomic E-state index is 12.6. The molecule has 1 aromatic heterocycles. The fraction of sp³-hybridized carbons (Fsp3) is 0.522. The molecule has 164 valence electrons. The molecule has 0 bridgehead atoms. The standard InChI is InChI=1S/C23H27N3O4S/c27-20(24-13-22-25-16-3-1-2-4-19(16)31-22)7-9-23(10-8-21(28)26-23)12-15-5-6-17-18(11-15)30-14-29-17/h5-6,11H,1-4,7-10,12-14H2,(H,24,27)(H,26,28). The minimum atomic E-state index is -0.400. The summed E-state index contributed by atoms with van der Waals surface area (Å²) in [6, 6.07) is 5.88. The molecule has 1 saturated heterocycles. The number of nitrogens with zero attached hydrogens (tertiary/aromatic N) is 1. The van der Waals surface area contributed by atoms with Crippen LogP contribution in [0.2, 0.25) is 0 Å². The second kappa shape index (κ2) is 8.49. The highest BCUT2D eigenvalue weighted by atomic mass is 32.1. The molecule has 1 atom stereocenters. The number of carbonyl (C=O) groups excluding carboxylic acids is 2. The largest absolute Gasteiger partial charge is 0.454 e. The lowest BCUT2D eigenvalue weighted by atomic mass is 9.85. The first-order valence-electron chi connectivity index (χ1n) is 11.0. The normalized spacial score (nSPS) is 21.6. The molecule has 31 heavy (non-hydrogen) atoms. The van der Waals surface area contributed by atoms with Crippen molar-refractivity contribution in [3.05, 3.63) is 39.3 Å². The molecule has 1 unspecified atom stereocenters. The molecule has 2 N–H and O–H groups in total. The van der Waals surface area contributed by atoms with Crippen molar-refractivity contribution in [1.29, 1.82) is 0 Å². The molecule has 1 aliphatic carbocycles. The Morgan fingerprint density at radius 2 is 2.06 bits per heavy atom. The molecule has 7 nitrogen and oxygen atoms in total. The van der Waals surface area contributed by atoms with Crippen LogP contribution in [0.25, 0.3) is 0 Å². The molecule has 2 aromatic rings. The number of thiazole rings is 1. The summed E-state index contributed by atoms with van der Waals surface area (Å²) in [5, 5.41) is 7.15. The number of benzene rings is 1. The Labute approximate surface area is 185 Å². The van der Waals surface area contributed by atoms with Crippen LogP contribution >= 0.6 is 11.3 Å². The molecule has 2 amide bonds. The average Bonchev–Trinajstić information content (AvgIpc) is 3.49. The van der Waals surface area contributed by atoms with Gasteiger partial charge in [-0.25, -0.2) is 4.98 Å². The molecule has 5 rings (SSSR count). The fourth-order valence-electron chi connectivity index (χ4n) is 4.72. The minimum Gasteiger partial charge on any atom is -0.454 e. The van der Waals surface area contributed by atoms with Crippen molar-refractivity contribution >= 4 is 23.2 Å². The Kier molecular flexibility index (Phi) is 5.56. The van der Waals surface area contributed by atoms with Crippen LogP contribution in [0.1, 0.15) is 59.7 Å². The number of hydrogen-bond donors (Lipinski definition) is 2. The lowest BCUT2D eigenvalue weighted by Gasteiger charge is -2.29. The summed E-state index contributed by atoms with van der Waals surface area (Å²) in [7, 11) is 0. The maximum Gasteiger partial charge on any atom is 0.231 e. The van der Waals surface area contributed by atoms with Crippen molar-refractivity contribution in [3.63, 3.8) is 0 Å². The highest BCUT2D eigenvalue weighted by molar-refractivity contribution is 7.11. The van der Waals surface area contributed by atoms with Crippen LogP contribution in [0.4, 0.5) is 0 Å². The maximum absolute atomic E-state index is 12.6. The summed E-state index contributed by atoms with van der Waals surface area (Å²) < 4.78 is 10.9. The Bertz CT molecular complexity index is 981. The lowest BCUT2D eigenvalue weighted by molar-refractivity contribution is -0.122. The number of fused-ring (bicyclic) bond motifs is 2. The smallest absolute Gasteiger partial charge is 0.231 e. The quantitative estimate of drug-likeness (QED) is 0.689. The zero-order chi connectivity index (χ0) is 21.3. The van der Waals surface area contributed by atoms with Gasteiger partial charge in [0.2, 0.25) is 18.6 Å². The predicted molar refractivity (Wildman–Crippen MR) is 116 cm³/mol. The number of hydrogen-bond acceptors (Lipinski definition) is 6. The van der Waals surface area contributed by atoms with Gasteiger partial charge in [0.15, 0.2) is 11.5 Å². The fourth-order valence-corrected chi connectivity index (χ4v) is 5.82. The van der Waals surface area contributed by atoms with Crippen LogP contribution in [0.5, 0.6) is 11.5 Å². The third-order valence-electron chi connectivity index (χ3n) is 6.37. The Morgan fingerprint density at radius 3 is 2.90 bits per heavy atom. The summed E-state index contributed by atoms with van der Waals surface area (Å²) in [6.07, 6.45) is 7.48. The van der Waals surface area contributed by atoms with Gasteiger partial charge in [-0.15, -0.1) is 11.3 Å². The highest BCUT2D eigenvalue weighted by Gasteiger charge is 2.38. The van der Waals surface area contributed by atoms with Gasteiger partial charge in [-0.1, -0.05) is 6.07 Å². The van der Waals surface area contributed by atoms with Crippen molar-refractivity contribution in [2.75, 3.05) is 6.79 Å². The van der Waals surface area contributed by atoms with Gasteiger partial charge < -0.3 is 20.1 Å². The molecule has 8 heteroatoms. The molecule has 3 aliphatic rings. The van der Waals surface area contributed by atoms with Gasteiger partial charge in [0.05, 0.1) is 12.2 Å². The number of amides is 2. The van der Waals surface area contributed by atoms with Gasteiger partial charge in [0, 0.05) is 23.3 Å². The number of nitrogens with one attached hydrogen (secondary N) is 2. The first-order chi connectivity index (χ1) is 15.1. The number of aromatic nitrogens is 1. The van der Waals surface area contributed by atoms with E-state index in [1.165, 1.54) is 23.4 Å². The average molecular weight is 442 g/mol. The zero-order valence-corrected chi connectivity index (χ0v) is 18.3. The van der Waals surface area contributed by atoms with E-state index in [-0.39, 0.29) is 18.6 Å². The summed E-state index contributed by atoms with van der Waals surface area (Å²) in [5.74, 6) is 1.53.